The Kier molecular flexibility index (Phi) is 9.17. The molecule has 1 amide bonds. The first kappa shape index (κ1) is 21.5. The summed E-state index contributed by atoms with van der Waals surface area (Å²) in [7, 11) is 1.90. The summed E-state index contributed by atoms with van der Waals surface area (Å²) in [4.78, 5) is 20.0. The van der Waals surface area contributed by atoms with E-state index in [4.69, 9.17) is 26.1 Å². The summed E-state index contributed by atoms with van der Waals surface area (Å²) in [5.41, 5.74) is 11.2. The molecule has 0 saturated heterocycles. The summed E-state index contributed by atoms with van der Waals surface area (Å²) in [6.45, 7) is 2.05. The van der Waals surface area contributed by atoms with Crippen LogP contribution in [-0.4, -0.2) is 44.1 Å². The summed E-state index contributed by atoms with van der Waals surface area (Å²) < 4.78 is 7.50. The Bertz CT molecular complexity index is 714. The number of hydrogen-bond donors (Lipinski definition) is 3. The van der Waals surface area contributed by atoms with Crippen molar-refractivity contribution in [1.82, 2.24) is 14.8 Å². The highest BCUT2D eigenvalue weighted by Gasteiger charge is 2.07. The topological polar surface area (TPSA) is 146 Å². The fraction of sp³-hybridized carbons (Fsp3) is 0.375. The van der Waals surface area contributed by atoms with Crippen molar-refractivity contribution in [2.75, 3.05) is 12.4 Å². The van der Waals surface area contributed by atoms with Crippen molar-refractivity contribution in [3.8, 4) is 5.75 Å². The zero-order chi connectivity index (χ0) is 19.5. The van der Waals surface area contributed by atoms with Gasteiger partial charge in [-0.25, -0.2) is 0 Å². The molecule has 0 unspecified atom stereocenters. The number of rotatable bonds is 8. The van der Waals surface area contributed by atoms with Gasteiger partial charge in [0.05, 0.1) is 13.2 Å². The number of ether oxygens (including phenoxy) is 1. The van der Waals surface area contributed by atoms with E-state index in [2.05, 4.69) is 10.2 Å². The van der Waals surface area contributed by atoms with Gasteiger partial charge in [-0.15, -0.1) is 10.2 Å². The van der Waals surface area contributed by atoms with Gasteiger partial charge in [0.1, 0.15) is 11.6 Å². The molecule has 0 aliphatic carbocycles. The summed E-state index contributed by atoms with van der Waals surface area (Å²) in [5, 5.41) is 16.4. The van der Waals surface area contributed by atoms with Crippen LogP contribution >= 0.6 is 11.8 Å². The number of primary amides is 1. The summed E-state index contributed by atoms with van der Waals surface area (Å²) in [5.74, 6) is 1.09. The van der Waals surface area contributed by atoms with Gasteiger partial charge in [0.15, 0.2) is 5.16 Å². The van der Waals surface area contributed by atoms with E-state index >= 15 is 0 Å². The molecule has 0 saturated carbocycles. The first-order chi connectivity index (χ1) is 12.3. The quantitative estimate of drug-likeness (QED) is 0.454. The van der Waals surface area contributed by atoms with Crippen molar-refractivity contribution in [3.05, 3.63) is 35.7 Å². The first-order valence-corrected chi connectivity index (χ1v) is 8.77. The second-order valence-corrected chi connectivity index (χ2v) is 6.18. The second-order valence-electron chi connectivity index (χ2n) is 5.12. The standard InChI is InChI=1S/C14H19N5O2S.C2H4O2/c1-19-12(9-15)17-18-14(19)22-8-2-7-21-11-5-3-10(4-6-11)13(16)20;1-2(3)4/h3-6H,2,7-9,15H2,1H3,(H2,16,20);1H3,(H,3,4). The van der Waals surface area contributed by atoms with Crippen LogP contribution in [0.3, 0.4) is 0 Å². The lowest BCUT2D eigenvalue weighted by Crippen LogP contribution is -2.10. The van der Waals surface area contributed by atoms with Gasteiger partial charge in [-0.2, -0.15) is 0 Å². The van der Waals surface area contributed by atoms with Crippen LogP contribution in [0, 0.1) is 0 Å². The molecule has 0 fully saturated rings. The summed E-state index contributed by atoms with van der Waals surface area (Å²) >= 11 is 1.62. The van der Waals surface area contributed by atoms with Gasteiger partial charge in [0, 0.05) is 25.3 Å². The van der Waals surface area contributed by atoms with Gasteiger partial charge in [-0.05, 0) is 30.7 Å². The predicted octanol–water partition coefficient (Wildman–Crippen LogP) is 1.02. The van der Waals surface area contributed by atoms with Crippen molar-refractivity contribution in [1.29, 1.82) is 0 Å². The molecule has 1 aromatic carbocycles. The Labute approximate surface area is 155 Å². The lowest BCUT2D eigenvalue weighted by atomic mass is 10.2. The molecule has 0 atom stereocenters. The number of benzene rings is 1. The third-order valence-electron chi connectivity index (χ3n) is 3.04. The van der Waals surface area contributed by atoms with Crippen molar-refractivity contribution in [2.45, 2.75) is 25.0 Å². The largest absolute Gasteiger partial charge is 0.494 e. The van der Waals surface area contributed by atoms with Crippen LogP contribution in [0.1, 0.15) is 29.5 Å². The number of aromatic nitrogens is 3. The average molecular weight is 381 g/mol. The molecule has 0 aliphatic heterocycles. The molecule has 9 nitrogen and oxygen atoms in total. The molecule has 0 radical (unpaired) electrons. The summed E-state index contributed by atoms with van der Waals surface area (Å²) in [6, 6.07) is 6.79. The molecule has 0 spiro atoms. The third-order valence-corrected chi connectivity index (χ3v) is 4.14. The molecular formula is C16H23N5O4S. The molecule has 5 N–H and O–H groups in total. The molecule has 1 aromatic heterocycles. The van der Waals surface area contributed by atoms with Crippen LogP contribution in [0.5, 0.6) is 5.75 Å². The smallest absolute Gasteiger partial charge is 0.300 e. The number of aliphatic carboxylic acids is 1. The number of nitrogens with zero attached hydrogens (tertiary/aromatic N) is 3. The van der Waals surface area contributed by atoms with E-state index in [-0.39, 0.29) is 0 Å². The van der Waals surface area contributed by atoms with E-state index in [0.717, 1.165) is 35.8 Å². The maximum absolute atomic E-state index is 11.0. The van der Waals surface area contributed by atoms with Gasteiger partial charge in [-0.3, -0.25) is 9.59 Å². The molecule has 10 heteroatoms. The van der Waals surface area contributed by atoms with E-state index in [1.54, 1.807) is 36.0 Å². The predicted molar refractivity (Wildman–Crippen MR) is 98.0 cm³/mol. The molecule has 0 bridgehead atoms. The Morgan fingerprint density at radius 2 is 1.88 bits per heavy atom. The number of hydrogen-bond acceptors (Lipinski definition) is 7. The SMILES string of the molecule is CC(=O)O.Cn1c(CN)nnc1SCCCOc1ccc(C(N)=O)cc1. The Balaban J connectivity index is 0.000000765. The molecule has 2 rings (SSSR count). The third kappa shape index (κ3) is 7.53. The van der Waals surface area contributed by atoms with E-state index < -0.39 is 11.9 Å². The minimum atomic E-state index is -0.833. The Morgan fingerprint density at radius 1 is 1.27 bits per heavy atom. The van der Waals surface area contributed by atoms with Crippen molar-refractivity contribution in [2.24, 2.45) is 18.5 Å². The number of carbonyl (C=O) groups excluding carboxylic acids is 1. The highest BCUT2D eigenvalue weighted by atomic mass is 32.2. The van der Waals surface area contributed by atoms with Gasteiger partial charge in [0.2, 0.25) is 5.91 Å². The van der Waals surface area contributed by atoms with E-state index in [1.165, 1.54) is 0 Å². The number of carbonyl (C=O) groups is 2. The van der Waals surface area contributed by atoms with E-state index in [0.29, 0.717) is 18.7 Å². The second kappa shape index (κ2) is 11.1. The minimum Gasteiger partial charge on any atom is -0.494 e. The van der Waals surface area contributed by atoms with Crippen LogP contribution in [0.4, 0.5) is 0 Å². The number of nitrogens with two attached hydrogens (primary N) is 2. The van der Waals surface area contributed by atoms with Crippen LogP contribution < -0.4 is 16.2 Å². The zero-order valence-corrected chi connectivity index (χ0v) is 15.5. The van der Waals surface area contributed by atoms with Crippen molar-refractivity contribution in [3.63, 3.8) is 0 Å². The van der Waals surface area contributed by atoms with Crippen molar-refractivity contribution >= 4 is 23.6 Å². The maximum Gasteiger partial charge on any atom is 0.300 e. The summed E-state index contributed by atoms with van der Waals surface area (Å²) in [6.07, 6.45) is 0.868. The number of carboxylic acid groups (broad SMARTS) is 1. The number of carboxylic acids is 1. The fourth-order valence-electron chi connectivity index (χ4n) is 1.78. The zero-order valence-electron chi connectivity index (χ0n) is 14.7. The number of thioether (sulfide) groups is 1. The van der Waals surface area contributed by atoms with Gasteiger partial charge in [-0.1, -0.05) is 11.8 Å². The highest BCUT2D eigenvalue weighted by Crippen LogP contribution is 2.17. The maximum atomic E-state index is 11.0. The lowest BCUT2D eigenvalue weighted by molar-refractivity contribution is -0.134. The molecule has 26 heavy (non-hydrogen) atoms. The van der Waals surface area contributed by atoms with Gasteiger partial charge in [0.25, 0.3) is 5.97 Å². The fourth-order valence-corrected chi connectivity index (χ4v) is 2.62. The van der Waals surface area contributed by atoms with E-state index in [1.807, 2.05) is 11.6 Å². The average Bonchev–Trinajstić information content (AvgIpc) is 2.94. The lowest BCUT2D eigenvalue weighted by Gasteiger charge is -2.06. The molecule has 142 valence electrons. The minimum absolute atomic E-state index is 0.383. The molecule has 1 heterocycles. The Hall–Kier alpha value is -2.59. The van der Waals surface area contributed by atoms with Gasteiger partial charge < -0.3 is 25.9 Å². The van der Waals surface area contributed by atoms with Crippen LogP contribution in [0.2, 0.25) is 0 Å². The highest BCUT2D eigenvalue weighted by molar-refractivity contribution is 7.99. The molecule has 2 aromatic rings. The van der Waals surface area contributed by atoms with Crippen LogP contribution in [-0.2, 0) is 18.4 Å². The van der Waals surface area contributed by atoms with Crippen molar-refractivity contribution < 1.29 is 19.4 Å². The Morgan fingerprint density at radius 3 is 2.38 bits per heavy atom. The molecule has 0 aliphatic rings. The molecular weight excluding hydrogens is 358 g/mol. The van der Waals surface area contributed by atoms with Crippen LogP contribution in [0.15, 0.2) is 29.4 Å². The number of amides is 1. The monoisotopic (exact) mass is 381 g/mol. The first-order valence-electron chi connectivity index (χ1n) is 7.78. The normalized spacial score (nSPS) is 9.96. The van der Waals surface area contributed by atoms with Crippen LogP contribution in [0.25, 0.3) is 0 Å². The van der Waals surface area contributed by atoms with Gasteiger partial charge >= 0.3 is 0 Å². The van der Waals surface area contributed by atoms with E-state index in [9.17, 15) is 4.79 Å².